The minimum absolute atomic E-state index is 0.0909. The molecule has 0 radical (unpaired) electrons. The molecule has 3 rings (SSSR count). The molecule has 1 aromatic rings. The zero-order chi connectivity index (χ0) is 12.0. The highest BCUT2D eigenvalue weighted by molar-refractivity contribution is 5.81. The Morgan fingerprint density at radius 3 is 2.59 bits per heavy atom. The summed E-state index contributed by atoms with van der Waals surface area (Å²) < 4.78 is 0. The molecule has 2 aliphatic rings. The van der Waals surface area contributed by atoms with Crippen molar-refractivity contribution in [2.24, 2.45) is 0 Å². The van der Waals surface area contributed by atoms with Gasteiger partial charge in [-0.3, -0.25) is 0 Å². The highest BCUT2D eigenvalue weighted by Gasteiger charge is 2.39. The molecule has 0 saturated carbocycles. The molecule has 0 heteroatoms. The molecule has 0 spiro atoms. The first-order valence-corrected chi connectivity index (χ1v) is 6.30. The van der Waals surface area contributed by atoms with Gasteiger partial charge in [0.05, 0.1) is 0 Å². The van der Waals surface area contributed by atoms with Gasteiger partial charge in [0, 0.05) is 5.41 Å². The van der Waals surface area contributed by atoms with E-state index in [-0.39, 0.29) is 5.41 Å². The van der Waals surface area contributed by atoms with Crippen LogP contribution in [0.15, 0.2) is 53.6 Å². The van der Waals surface area contributed by atoms with Crippen molar-refractivity contribution in [2.45, 2.75) is 32.6 Å². The molecule has 0 heterocycles. The second kappa shape index (κ2) is 3.46. The number of allylic oxidation sites excluding steroid dienone is 6. The van der Waals surface area contributed by atoms with Crippen molar-refractivity contribution in [3.05, 3.63) is 64.8 Å². The lowest BCUT2D eigenvalue weighted by molar-refractivity contribution is 0.690. The van der Waals surface area contributed by atoms with Gasteiger partial charge in [0.2, 0.25) is 0 Å². The van der Waals surface area contributed by atoms with Crippen molar-refractivity contribution in [2.75, 3.05) is 0 Å². The first-order valence-electron chi connectivity index (χ1n) is 6.30. The van der Waals surface area contributed by atoms with Gasteiger partial charge < -0.3 is 0 Å². The maximum Gasteiger partial charge on any atom is 0.0388 e. The number of hydrogen-bond acceptors (Lipinski definition) is 0. The molecule has 0 aromatic heterocycles. The van der Waals surface area contributed by atoms with Gasteiger partial charge in [0.15, 0.2) is 0 Å². The zero-order valence-corrected chi connectivity index (χ0v) is 10.7. The van der Waals surface area contributed by atoms with Crippen LogP contribution >= 0.6 is 0 Å². The Kier molecular flexibility index (Phi) is 2.16. The molecule has 0 saturated heterocycles. The molecule has 1 atom stereocenters. The second-order valence-corrected chi connectivity index (χ2v) is 5.22. The van der Waals surface area contributed by atoms with Crippen molar-refractivity contribution in [1.82, 2.24) is 0 Å². The van der Waals surface area contributed by atoms with Crippen LogP contribution in [-0.2, 0) is 5.41 Å². The molecule has 0 fully saturated rings. The standard InChI is InChI=1S/C17H18/c1-12-13(2)17(3,14-8-4-5-9-14)16-11-7-6-10-15(12)16/h4,6-11H,5H2,1-3H3. The molecular formula is C17H18. The number of hydrogen-bond donors (Lipinski definition) is 0. The Morgan fingerprint density at radius 1 is 1.12 bits per heavy atom. The van der Waals surface area contributed by atoms with Crippen LogP contribution in [0.25, 0.3) is 5.57 Å². The summed E-state index contributed by atoms with van der Waals surface area (Å²) in [5.41, 5.74) is 7.38. The normalized spacial score (nSPS) is 26.4. The van der Waals surface area contributed by atoms with Crippen LogP contribution in [0, 0.1) is 0 Å². The molecule has 86 valence electrons. The van der Waals surface area contributed by atoms with Crippen molar-refractivity contribution in [1.29, 1.82) is 0 Å². The van der Waals surface area contributed by atoms with Gasteiger partial charge in [-0.25, -0.2) is 0 Å². The molecule has 0 nitrogen and oxygen atoms in total. The average molecular weight is 222 g/mol. The van der Waals surface area contributed by atoms with Gasteiger partial charge in [-0.1, -0.05) is 48.1 Å². The lowest BCUT2D eigenvalue weighted by Gasteiger charge is -2.29. The molecule has 0 aliphatic heterocycles. The Morgan fingerprint density at radius 2 is 1.88 bits per heavy atom. The molecular weight excluding hydrogens is 204 g/mol. The third-order valence-corrected chi connectivity index (χ3v) is 4.53. The fraction of sp³-hybridized carbons (Fsp3) is 0.294. The zero-order valence-electron chi connectivity index (χ0n) is 10.7. The first kappa shape index (κ1) is 10.6. The fourth-order valence-electron chi connectivity index (χ4n) is 3.23. The maximum atomic E-state index is 2.36. The van der Waals surface area contributed by atoms with E-state index in [0.717, 1.165) is 6.42 Å². The van der Waals surface area contributed by atoms with E-state index in [1.807, 2.05) is 0 Å². The Hall–Kier alpha value is -1.56. The number of benzene rings is 1. The Labute approximate surface area is 103 Å². The van der Waals surface area contributed by atoms with Crippen molar-refractivity contribution < 1.29 is 0 Å². The van der Waals surface area contributed by atoms with E-state index in [1.54, 1.807) is 0 Å². The van der Waals surface area contributed by atoms with Crippen LogP contribution in [0.3, 0.4) is 0 Å². The SMILES string of the molecule is CC1=C(C)C(C)(C2=CCC=C2)c2ccccc21. The summed E-state index contributed by atoms with van der Waals surface area (Å²) in [6.07, 6.45) is 7.99. The van der Waals surface area contributed by atoms with Crippen molar-refractivity contribution >= 4 is 5.57 Å². The smallest absolute Gasteiger partial charge is 0.0388 e. The summed E-state index contributed by atoms with van der Waals surface area (Å²) in [6.45, 7) is 6.89. The van der Waals surface area contributed by atoms with Gasteiger partial charge >= 0.3 is 0 Å². The Balaban J connectivity index is 2.28. The van der Waals surface area contributed by atoms with Crippen molar-refractivity contribution in [3.63, 3.8) is 0 Å². The molecule has 17 heavy (non-hydrogen) atoms. The summed E-state index contributed by atoms with van der Waals surface area (Å²) >= 11 is 0. The van der Waals surface area contributed by atoms with E-state index in [0.29, 0.717) is 0 Å². The van der Waals surface area contributed by atoms with E-state index in [9.17, 15) is 0 Å². The summed E-state index contributed by atoms with van der Waals surface area (Å²) in [5, 5.41) is 0. The van der Waals surface area contributed by atoms with E-state index in [4.69, 9.17) is 0 Å². The number of fused-ring (bicyclic) bond motifs is 1. The van der Waals surface area contributed by atoms with Gasteiger partial charge in [-0.05, 0) is 49.5 Å². The van der Waals surface area contributed by atoms with Crippen LogP contribution in [0.2, 0.25) is 0 Å². The molecule has 1 aromatic carbocycles. The van der Waals surface area contributed by atoms with Crippen LogP contribution in [-0.4, -0.2) is 0 Å². The topological polar surface area (TPSA) is 0 Å². The van der Waals surface area contributed by atoms with Gasteiger partial charge in [0.25, 0.3) is 0 Å². The first-order chi connectivity index (χ1) is 8.15. The Bertz CT molecular complexity index is 569. The van der Waals surface area contributed by atoms with Crippen LogP contribution in [0.4, 0.5) is 0 Å². The summed E-state index contributed by atoms with van der Waals surface area (Å²) in [7, 11) is 0. The second-order valence-electron chi connectivity index (χ2n) is 5.22. The lowest BCUT2D eigenvalue weighted by atomic mass is 9.74. The number of rotatable bonds is 1. The molecule has 0 amide bonds. The minimum Gasteiger partial charge on any atom is -0.0804 e. The van der Waals surface area contributed by atoms with Gasteiger partial charge in [-0.2, -0.15) is 0 Å². The third-order valence-electron chi connectivity index (χ3n) is 4.53. The van der Waals surface area contributed by atoms with Crippen molar-refractivity contribution in [3.8, 4) is 0 Å². The fourth-order valence-corrected chi connectivity index (χ4v) is 3.23. The summed E-state index contributed by atoms with van der Waals surface area (Å²) in [4.78, 5) is 0. The summed E-state index contributed by atoms with van der Waals surface area (Å²) in [6, 6.07) is 8.82. The monoisotopic (exact) mass is 222 g/mol. The molecule has 2 aliphatic carbocycles. The highest BCUT2D eigenvalue weighted by atomic mass is 14.4. The highest BCUT2D eigenvalue weighted by Crippen LogP contribution is 2.51. The van der Waals surface area contributed by atoms with Crippen LogP contribution in [0.5, 0.6) is 0 Å². The van der Waals surface area contributed by atoms with E-state index in [1.165, 1.54) is 27.8 Å². The third kappa shape index (κ3) is 1.24. The predicted molar refractivity (Wildman–Crippen MR) is 73.9 cm³/mol. The lowest BCUT2D eigenvalue weighted by Crippen LogP contribution is -2.22. The summed E-state index contributed by atoms with van der Waals surface area (Å²) in [5.74, 6) is 0. The molecule has 1 unspecified atom stereocenters. The molecule has 0 bridgehead atoms. The van der Waals surface area contributed by atoms with E-state index < -0.39 is 0 Å². The predicted octanol–water partition coefficient (Wildman–Crippen LogP) is 4.64. The van der Waals surface area contributed by atoms with Crippen LogP contribution < -0.4 is 0 Å². The van der Waals surface area contributed by atoms with Gasteiger partial charge in [-0.15, -0.1) is 0 Å². The molecule has 0 N–H and O–H groups in total. The van der Waals surface area contributed by atoms with Crippen LogP contribution in [0.1, 0.15) is 38.3 Å². The van der Waals surface area contributed by atoms with E-state index in [2.05, 4.69) is 63.3 Å². The van der Waals surface area contributed by atoms with Gasteiger partial charge in [0.1, 0.15) is 0 Å². The maximum absolute atomic E-state index is 2.36. The van der Waals surface area contributed by atoms with E-state index >= 15 is 0 Å². The average Bonchev–Trinajstić information content (AvgIpc) is 2.95. The quantitative estimate of drug-likeness (QED) is 0.649. The minimum atomic E-state index is 0.0909. The largest absolute Gasteiger partial charge is 0.0804 e.